The highest BCUT2D eigenvalue weighted by Crippen LogP contribution is 2.42. The number of ether oxygens (including phenoxy) is 1. The third-order valence-corrected chi connectivity index (χ3v) is 13.1. The molecule has 278 valence electrons. The summed E-state index contributed by atoms with van der Waals surface area (Å²) in [5.41, 5.74) is 0.974. The van der Waals surface area contributed by atoms with Crippen molar-refractivity contribution in [2.75, 3.05) is 20.1 Å². The molecule has 7 rings (SSSR count). The number of aliphatic carboxylic acids is 1. The summed E-state index contributed by atoms with van der Waals surface area (Å²) in [7, 11) is 2.13. The molecule has 0 aliphatic heterocycles. The van der Waals surface area contributed by atoms with Crippen molar-refractivity contribution >= 4 is 61.1 Å². The molecule has 6 aromatic rings. The number of carbonyl (C=O) groups is 1. The number of benzene rings is 2. The molecule has 2 aromatic carbocycles. The van der Waals surface area contributed by atoms with E-state index < -0.39 is 17.7 Å². The van der Waals surface area contributed by atoms with Crippen LogP contribution in [0, 0.1) is 0 Å². The van der Waals surface area contributed by atoms with Crippen molar-refractivity contribution in [3.8, 4) is 5.75 Å². The highest BCUT2D eigenvalue weighted by molar-refractivity contribution is 7.16. The molecule has 11 nitrogen and oxygen atoms in total. The summed E-state index contributed by atoms with van der Waals surface area (Å²) in [4.78, 5) is 43.9. The summed E-state index contributed by atoms with van der Waals surface area (Å²) in [6.07, 6.45) is 3.17. The first-order chi connectivity index (χ1) is 25.6. The van der Waals surface area contributed by atoms with Crippen LogP contribution in [0.1, 0.15) is 59.1 Å². The quantitative estimate of drug-likeness (QED) is 0.0816. The molecule has 1 atom stereocenters. The van der Waals surface area contributed by atoms with Crippen LogP contribution in [0.2, 0.25) is 0 Å². The average Bonchev–Trinajstić information content (AvgIpc) is 3.94. The Morgan fingerprint density at radius 2 is 1.77 bits per heavy atom. The van der Waals surface area contributed by atoms with Crippen LogP contribution in [0.4, 0.5) is 0 Å². The average molecular weight is 775 g/mol. The number of pyridine rings is 1. The van der Waals surface area contributed by atoms with Crippen molar-refractivity contribution < 1.29 is 24.9 Å². The maximum Gasteiger partial charge on any atom is 0.347 e. The van der Waals surface area contributed by atoms with Gasteiger partial charge in [0.25, 0.3) is 0 Å². The van der Waals surface area contributed by atoms with Crippen LogP contribution < -0.4 is 15.7 Å². The molecule has 1 aliphatic rings. The molecule has 0 amide bonds. The standard InChI is InChI=1S/C39H42N4O7S3/c1-42(25-8-10-26(11-9-25)50-39(37(47)48,33-5-2-19-51-33)34-6-3-20-52-34)17-4-18-43-29-14-7-24(21-32(29)53-38(43)49)22-40-23-31(45)27-12-15-30(44)36-28(27)13-16-35(46)41-36/h2-3,5-7,12-16,19-21,25-26,31,40,44-45H,4,8-11,17-18,22-23H2,1H3,(H,41,46)(H,47,48)/t25?,26?,31-/m0/s1. The SMILES string of the molecule is CN(CCCn1c(=O)sc2cc(CNC[C@H](O)c3ccc(O)c4[nH]c(=O)ccc34)ccc21)C1CCC(OC(C(=O)O)(c2cccs2)c2cccs2)CC1. The predicted molar refractivity (Wildman–Crippen MR) is 210 cm³/mol. The van der Waals surface area contributed by atoms with Crippen LogP contribution >= 0.6 is 34.0 Å². The van der Waals surface area contributed by atoms with Crippen LogP contribution in [-0.4, -0.2) is 68.0 Å². The molecule has 1 aliphatic carbocycles. The fourth-order valence-corrected chi connectivity index (χ4v) is 10.2. The number of H-pyrrole nitrogens is 1. The van der Waals surface area contributed by atoms with Crippen molar-refractivity contribution in [1.29, 1.82) is 0 Å². The Bertz CT molecular complexity index is 2260. The van der Waals surface area contributed by atoms with Crippen molar-refractivity contribution in [2.24, 2.45) is 0 Å². The van der Waals surface area contributed by atoms with E-state index in [2.05, 4.69) is 22.2 Å². The monoisotopic (exact) mass is 774 g/mol. The number of aryl methyl sites for hydroxylation is 1. The number of phenolic OH excluding ortho intramolecular Hbond substituents is 1. The lowest BCUT2D eigenvalue weighted by atomic mass is 9.90. The minimum Gasteiger partial charge on any atom is -0.506 e. The predicted octanol–water partition coefficient (Wildman–Crippen LogP) is 6.23. The smallest absolute Gasteiger partial charge is 0.347 e. The van der Waals surface area contributed by atoms with Gasteiger partial charge in [-0.1, -0.05) is 35.6 Å². The Hall–Kier alpha value is -4.15. The largest absolute Gasteiger partial charge is 0.506 e. The molecule has 1 saturated carbocycles. The van der Waals surface area contributed by atoms with Crippen molar-refractivity contribution in [2.45, 2.75) is 69.0 Å². The van der Waals surface area contributed by atoms with E-state index in [-0.39, 0.29) is 28.8 Å². The molecule has 0 bridgehead atoms. The van der Waals surface area contributed by atoms with Gasteiger partial charge in [-0.3, -0.25) is 14.2 Å². The first-order valence-corrected chi connectivity index (χ1v) is 20.3. The molecular weight excluding hydrogens is 733 g/mol. The Kier molecular flexibility index (Phi) is 11.3. The van der Waals surface area contributed by atoms with Gasteiger partial charge in [-0.05, 0) is 104 Å². The number of carboxylic acid groups (broad SMARTS) is 1. The number of phenols is 1. The highest BCUT2D eigenvalue weighted by Gasteiger charge is 2.48. The summed E-state index contributed by atoms with van der Waals surface area (Å²) < 4.78 is 9.32. The van der Waals surface area contributed by atoms with Crippen molar-refractivity contribution in [3.05, 3.63) is 118 Å². The minimum atomic E-state index is -1.49. The van der Waals surface area contributed by atoms with E-state index in [1.165, 1.54) is 46.1 Å². The number of nitrogens with one attached hydrogen (secondary N) is 2. The van der Waals surface area contributed by atoms with Crippen LogP contribution in [0.3, 0.4) is 0 Å². The first kappa shape index (κ1) is 37.2. The number of thiazole rings is 1. The van der Waals surface area contributed by atoms with Crippen molar-refractivity contribution in [1.82, 2.24) is 19.8 Å². The Morgan fingerprint density at radius 1 is 1.04 bits per heavy atom. The van der Waals surface area contributed by atoms with Gasteiger partial charge in [-0.2, -0.15) is 0 Å². The van der Waals surface area contributed by atoms with E-state index in [1.807, 2.05) is 57.8 Å². The van der Waals surface area contributed by atoms with Crippen LogP contribution in [-0.2, 0) is 28.2 Å². The fourth-order valence-electron chi connectivity index (χ4n) is 7.42. The van der Waals surface area contributed by atoms with E-state index in [9.17, 15) is 29.7 Å². The number of aromatic amines is 1. The number of aromatic hydroxyl groups is 1. The lowest BCUT2D eigenvalue weighted by molar-refractivity contribution is -0.170. The summed E-state index contributed by atoms with van der Waals surface area (Å²) in [6, 6.07) is 19.9. The van der Waals surface area contributed by atoms with Gasteiger partial charge in [0.2, 0.25) is 11.2 Å². The lowest BCUT2D eigenvalue weighted by Crippen LogP contribution is -2.44. The van der Waals surface area contributed by atoms with Gasteiger partial charge in [0.15, 0.2) is 0 Å². The summed E-state index contributed by atoms with van der Waals surface area (Å²) >= 11 is 4.05. The zero-order valence-electron chi connectivity index (χ0n) is 29.2. The molecule has 0 unspecified atom stereocenters. The van der Waals surface area contributed by atoms with Crippen LogP contribution in [0.5, 0.6) is 5.75 Å². The van der Waals surface area contributed by atoms with Crippen LogP contribution in [0.25, 0.3) is 21.1 Å². The summed E-state index contributed by atoms with van der Waals surface area (Å²) in [5.74, 6) is -1.04. The molecule has 14 heteroatoms. The van der Waals surface area contributed by atoms with Crippen LogP contribution in [0.15, 0.2) is 87.1 Å². The zero-order chi connectivity index (χ0) is 37.1. The zero-order valence-corrected chi connectivity index (χ0v) is 31.6. The summed E-state index contributed by atoms with van der Waals surface area (Å²) in [6.45, 7) is 2.19. The van der Waals surface area contributed by atoms with E-state index in [1.54, 1.807) is 12.1 Å². The molecule has 0 saturated heterocycles. The van der Waals surface area contributed by atoms with Gasteiger partial charge in [0.05, 0.1) is 37.7 Å². The molecule has 0 radical (unpaired) electrons. The van der Waals surface area contributed by atoms with Gasteiger partial charge in [-0.25, -0.2) is 4.79 Å². The first-order valence-electron chi connectivity index (χ1n) is 17.7. The molecular formula is C39H42N4O7S3. The van der Waals surface area contributed by atoms with E-state index in [4.69, 9.17) is 4.74 Å². The molecule has 53 heavy (non-hydrogen) atoms. The third-order valence-electron chi connectivity index (χ3n) is 10.2. The van der Waals surface area contributed by atoms with E-state index in [0.717, 1.165) is 54.4 Å². The van der Waals surface area contributed by atoms with Crippen molar-refractivity contribution in [3.63, 3.8) is 0 Å². The van der Waals surface area contributed by atoms with Gasteiger partial charge < -0.3 is 35.3 Å². The number of hydrogen-bond acceptors (Lipinski definition) is 11. The Morgan fingerprint density at radius 3 is 2.45 bits per heavy atom. The number of rotatable bonds is 15. The number of aromatic nitrogens is 2. The molecule has 0 spiro atoms. The van der Waals surface area contributed by atoms with Gasteiger partial charge in [0, 0.05) is 37.1 Å². The minimum absolute atomic E-state index is 0.0106. The molecule has 4 aromatic heterocycles. The summed E-state index contributed by atoms with van der Waals surface area (Å²) in [5, 5.41) is 39.2. The highest BCUT2D eigenvalue weighted by atomic mass is 32.1. The maximum atomic E-state index is 13.0. The second-order valence-corrected chi connectivity index (χ2v) is 16.5. The number of aliphatic hydroxyl groups is 1. The second kappa shape index (κ2) is 16.1. The topological polar surface area (TPSA) is 157 Å². The number of hydrogen-bond donors (Lipinski definition) is 5. The fraction of sp³-hybridized carbons (Fsp3) is 0.359. The maximum absolute atomic E-state index is 13.0. The third kappa shape index (κ3) is 7.76. The van der Waals surface area contributed by atoms with Gasteiger partial charge in [-0.15, -0.1) is 22.7 Å². The second-order valence-electron chi connectivity index (χ2n) is 13.6. The number of thiophene rings is 2. The number of nitrogens with zero attached hydrogens (tertiary/aromatic N) is 2. The molecule has 5 N–H and O–H groups in total. The Balaban J connectivity index is 0.904. The normalized spacial score (nSPS) is 17.2. The van der Waals surface area contributed by atoms with Gasteiger partial charge in [0.1, 0.15) is 5.75 Å². The van der Waals surface area contributed by atoms with Gasteiger partial charge >= 0.3 is 10.8 Å². The Labute approximate surface area is 317 Å². The number of carboxylic acids is 1. The number of aliphatic hydroxyl groups excluding tert-OH is 1. The van der Waals surface area contributed by atoms with E-state index >= 15 is 0 Å². The van der Waals surface area contributed by atoms with E-state index in [0.29, 0.717) is 45.4 Å². The lowest BCUT2D eigenvalue weighted by Gasteiger charge is -2.38. The molecule has 4 heterocycles. The molecule has 1 fully saturated rings. The number of fused-ring (bicyclic) bond motifs is 2.